The molecule has 4 heterocycles. The summed E-state index contributed by atoms with van der Waals surface area (Å²) in [4.78, 5) is 24.5. The van der Waals surface area contributed by atoms with Crippen LogP contribution >= 0.6 is 11.3 Å². The van der Waals surface area contributed by atoms with Gasteiger partial charge in [-0.2, -0.15) is 5.10 Å². The molecular weight excluding hydrogens is 286 g/mol. The van der Waals surface area contributed by atoms with E-state index in [1.807, 2.05) is 31.5 Å². The molecule has 0 fully saturated rings. The third-order valence-electron chi connectivity index (χ3n) is 3.31. The number of fused-ring (bicyclic) bond motifs is 2. The van der Waals surface area contributed by atoms with Crippen LogP contribution in [0.25, 0.3) is 27.4 Å². The molecule has 0 spiro atoms. The fraction of sp³-hybridized carbons (Fsp3) is 0.143. The lowest BCUT2D eigenvalue weighted by atomic mass is 10.2. The van der Waals surface area contributed by atoms with Gasteiger partial charge in [0.1, 0.15) is 10.5 Å². The van der Waals surface area contributed by atoms with E-state index in [1.54, 1.807) is 10.6 Å². The maximum atomic E-state index is 12.1. The van der Waals surface area contributed by atoms with Gasteiger partial charge in [0.05, 0.1) is 17.3 Å². The molecule has 4 aromatic rings. The lowest BCUT2D eigenvalue weighted by molar-refractivity contribution is 0.922. The first kappa shape index (κ1) is 12.2. The number of H-pyrrole nitrogens is 1. The van der Waals surface area contributed by atoms with Gasteiger partial charge in [0.15, 0.2) is 11.5 Å². The number of imidazole rings is 1. The second-order valence-electron chi connectivity index (χ2n) is 4.92. The molecule has 0 unspecified atom stereocenters. The summed E-state index contributed by atoms with van der Waals surface area (Å²) in [6.07, 6.45) is 1.85. The van der Waals surface area contributed by atoms with Gasteiger partial charge in [-0.15, -0.1) is 11.3 Å². The van der Waals surface area contributed by atoms with Gasteiger partial charge < -0.3 is 4.98 Å². The van der Waals surface area contributed by atoms with Gasteiger partial charge in [0.25, 0.3) is 5.56 Å². The Kier molecular flexibility index (Phi) is 2.46. The standard InChI is InChI=1S/C14H11N5OS/c1-7-5-10(18-19-6-8(2)15-12(7)19)11-16-13(20)9-3-4-21-14(9)17-11/h3-6H,1-2H3,(H,16,17,20). The number of thiophene rings is 1. The van der Waals surface area contributed by atoms with Gasteiger partial charge in [-0.1, -0.05) is 0 Å². The lowest BCUT2D eigenvalue weighted by Crippen LogP contribution is -2.09. The van der Waals surface area contributed by atoms with Crippen LogP contribution in [-0.4, -0.2) is 24.6 Å². The van der Waals surface area contributed by atoms with Crippen LogP contribution in [0.15, 0.2) is 28.5 Å². The van der Waals surface area contributed by atoms with Gasteiger partial charge in [0.2, 0.25) is 0 Å². The fourth-order valence-corrected chi connectivity index (χ4v) is 3.11. The third-order valence-corrected chi connectivity index (χ3v) is 4.11. The Bertz CT molecular complexity index is 1040. The first-order valence-electron chi connectivity index (χ1n) is 6.43. The van der Waals surface area contributed by atoms with Crippen LogP contribution in [0.5, 0.6) is 0 Å². The van der Waals surface area contributed by atoms with Crippen molar-refractivity contribution in [3.05, 3.63) is 45.3 Å². The first-order chi connectivity index (χ1) is 10.1. The monoisotopic (exact) mass is 297 g/mol. The van der Waals surface area contributed by atoms with Crippen molar-refractivity contribution in [2.24, 2.45) is 0 Å². The zero-order valence-corrected chi connectivity index (χ0v) is 12.2. The highest BCUT2D eigenvalue weighted by molar-refractivity contribution is 7.16. The molecule has 0 aliphatic rings. The number of aromatic amines is 1. The molecule has 0 aromatic carbocycles. The van der Waals surface area contributed by atoms with Crippen molar-refractivity contribution in [3.63, 3.8) is 0 Å². The first-order valence-corrected chi connectivity index (χ1v) is 7.31. The van der Waals surface area contributed by atoms with E-state index in [4.69, 9.17) is 0 Å². The van der Waals surface area contributed by atoms with Crippen LogP contribution in [-0.2, 0) is 0 Å². The van der Waals surface area contributed by atoms with Crippen LogP contribution in [0.2, 0.25) is 0 Å². The van der Waals surface area contributed by atoms with Gasteiger partial charge in [0, 0.05) is 0 Å². The number of nitrogens with zero attached hydrogens (tertiary/aromatic N) is 4. The SMILES string of the molecule is Cc1cn2nc(-c3nc4sccc4c(=O)[nH]3)cc(C)c2n1. The molecule has 1 N–H and O–H groups in total. The second kappa shape index (κ2) is 4.23. The predicted molar refractivity (Wildman–Crippen MR) is 81.7 cm³/mol. The average Bonchev–Trinajstić information content (AvgIpc) is 3.04. The van der Waals surface area contributed by atoms with Crippen LogP contribution in [0.1, 0.15) is 11.3 Å². The Morgan fingerprint density at radius 3 is 3.00 bits per heavy atom. The highest BCUT2D eigenvalue weighted by atomic mass is 32.1. The van der Waals surface area contributed by atoms with E-state index < -0.39 is 0 Å². The minimum Gasteiger partial charge on any atom is -0.305 e. The summed E-state index contributed by atoms with van der Waals surface area (Å²) < 4.78 is 1.72. The molecule has 0 saturated carbocycles. The Morgan fingerprint density at radius 2 is 2.14 bits per heavy atom. The Balaban J connectivity index is 2.01. The summed E-state index contributed by atoms with van der Waals surface area (Å²) in [7, 11) is 0. The van der Waals surface area contributed by atoms with Gasteiger partial charge in [-0.3, -0.25) is 4.79 Å². The van der Waals surface area contributed by atoms with E-state index in [9.17, 15) is 4.79 Å². The molecule has 0 atom stereocenters. The van der Waals surface area contributed by atoms with Crippen molar-refractivity contribution in [2.75, 3.05) is 0 Å². The summed E-state index contributed by atoms with van der Waals surface area (Å²) in [6, 6.07) is 3.66. The number of rotatable bonds is 1. The number of hydrogen-bond donors (Lipinski definition) is 1. The Labute approximate surface area is 123 Å². The summed E-state index contributed by atoms with van der Waals surface area (Å²) in [5.41, 5.74) is 3.19. The molecule has 6 nitrogen and oxygen atoms in total. The Morgan fingerprint density at radius 1 is 1.29 bits per heavy atom. The van der Waals surface area contributed by atoms with Crippen LogP contribution in [0.4, 0.5) is 0 Å². The summed E-state index contributed by atoms with van der Waals surface area (Å²) in [5, 5.41) is 6.96. The average molecular weight is 297 g/mol. The van der Waals surface area contributed by atoms with E-state index in [0.717, 1.165) is 21.7 Å². The van der Waals surface area contributed by atoms with Crippen molar-refractivity contribution < 1.29 is 0 Å². The highest BCUT2D eigenvalue weighted by Crippen LogP contribution is 2.20. The fourth-order valence-electron chi connectivity index (χ4n) is 2.35. The molecule has 0 aliphatic carbocycles. The minimum absolute atomic E-state index is 0.141. The largest absolute Gasteiger partial charge is 0.305 e. The zero-order chi connectivity index (χ0) is 14.6. The predicted octanol–water partition coefficient (Wildman–Crippen LogP) is 2.31. The molecule has 0 radical (unpaired) electrons. The second-order valence-corrected chi connectivity index (χ2v) is 5.81. The number of aryl methyl sites for hydroxylation is 2. The van der Waals surface area contributed by atoms with E-state index in [2.05, 4.69) is 20.1 Å². The molecule has 4 aromatic heterocycles. The molecule has 21 heavy (non-hydrogen) atoms. The molecule has 4 rings (SSSR count). The maximum absolute atomic E-state index is 12.1. The van der Waals surface area contributed by atoms with E-state index in [0.29, 0.717) is 16.9 Å². The number of hydrogen-bond acceptors (Lipinski definition) is 5. The number of aromatic nitrogens is 5. The summed E-state index contributed by atoms with van der Waals surface area (Å²) in [6.45, 7) is 3.89. The van der Waals surface area contributed by atoms with Crippen LogP contribution < -0.4 is 5.56 Å². The van der Waals surface area contributed by atoms with Gasteiger partial charge >= 0.3 is 0 Å². The minimum atomic E-state index is -0.141. The van der Waals surface area contributed by atoms with Crippen molar-refractivity contribution in [1.29, 1.82) is 0 Å². The van der Waals surface area contributed by atoms with Crippen LogP contribution in [0.3, 0.4) is 0 Å². The van der Waals surface area contributed by atoms with E-state index in [-0.39, 0.29) is 5.56 Å². The topological polar surface area (TPSA) is 75.9 Å². The van der Waals surface area contributed by atoms with Crippen molar-refractivity contribution in [2.45, 2.75) is 13.8 Å². The summed E-state index contributed by atoms with van der Waals surface area (Å²) in [5.74, 6) is 0.478. The van der Waals surface area contributed by atoms with Crippen molar-refractivity contribution in [3.8, 4) is 11.5 Å². The zero-order valence-electron chi connectivity index (χ0n) is 11.4. The molecule has 0 saturated heterocycles. The quantitative estimate of drug-likeness (QED) is 0.585. The summed E-state index contributed by atoms with van der Waals surface area (Å²) >= 11 is 1.44. The molecular formula is C14H11N5OS. The van der Waals surface area contributed by atoms with Gasteiger partial charge in [-0.25, -0.2) is 14.5 Å². The Hall–Kier alpha value is -2.54. The van der Waals surface area contributed by atoms with Crippen molar-refractivity contribution in [1.82, 2.24) is 24.6 Å². The van der Waals surface area contributed by atoms with E-state index in [1.165, 1.54) is 11.3 Å². The van der Waals surface area contributed by atoms with E-state index >= 15 is 0 Å². The molecule has 0 amide bonds. The van der Waals surface area contributed by atoms with Crippen molar-refractivity contribution >= 4 is 27.2 Å². The third kappa shape index (κ3) is 1.85. The number of nitrogens with one attached hydrogen (secondary N) is 1. The maximum Gasteiger partial charge on any atom is 0.259 e. The molecule has 7 heteroatoms. The molecule has 104 valence electrons. The normalized spacial score (nSPS) is 11.5. The highest BCUT2D eigenvalue weighted by Gasteiger charge is 2.11. The van der Waals surface area contributed by atoms with Crippen LogP contribution in [0, 0.1) is 13.8 Å². The lowest BCUT2D eigenvalue weighted by Gasteiger charge is -2.03. The molecule has 0 aliphatic heterocycles. The van der Waals surface area contributed by atoms with Gasteiger partial charge in [-0.05, 0) is 36.9 Å². The molecule has 0 bridgehead atoms. The smallest absolute Gasteiger partial charge is 0.259 e.